The van der Waals surface area contributed by atoms with Crippen molar-refractivity contribution in [2.24, 2.45) is 0 Å². The molecule has 0 bridgehead atoms. The van der Waals surface area contributed by atoms with E-state index in [1.54, 1.807) is 7.11 Å². The molecule has 0 radical (unpaired) electrons. The molecule has 3 heteroatoms. The van der Waals surface area contributed by atoms with E-state index in [9.17, 15) is 0 Å². The summed E-state index contributed by atoms with van der Waals surface area (Å²) in [6, 6.07) is 8.02. The molecule has 1 aliphatic rings. The summed E-state index contributed by atoms with van der Waals surface area (Å²) in [6.07, 6.45) is 6.45. The highest BCUT2D eigenvalue weighted by Crippen LogP contribution is 2.17. The van der Waals surface area contributed by atoms with Crippen LogP contribution in [0.1, 0.15) is 37.7 Å². The lowest BCUT2D eigenvalue weighted by Gasteiger charge is -2.22. The predicted octanol–water partition coefficient (Wildman–Crippen LogP) is 3.56. The van der Waals surface area contributed by atoms with Gasteiger partial charge in [-0.3, -0.25) is 0 Å². The van der Waals surface area contributed by atoms with Crippen molar-refractivity contribution in [2.75, 3.05) is 20.3 Å². The Hall–Kier alpha value is -1.06. The van der Waals surface area contributed by atoms with Gasteiger partial charge in [0.1, 0.15) is 5.75 Å². The molecule has 1 aromatic rings. The van der Waals surface area contributed by atoms with Gasteiger partial charge in [0, 0.05) is 13.2 Å². The molecule has 19 heavy (non-hydrogen) atoms. The van der Waals surface area contributed by atoms with Crippen molar-refractivity contribution in [1.82, 2.24) is 0 Å². The van der Waals surface area contributed by atoms with Crippen LogP contribution in [0.3, 0.4) is 0 Å². The summed E-state index contributed by atoms with van der Waals surface area (Å²) in [5.74, 6) is 0.887. The normalized spacial score (nSPS) is 19.3. The van der Waals surface area contributed by atoms with Crippen molar-refractivity contribution >= 4 is 0 Å². The van der Waals surface area contributed by atoms with Crippen molar-refractivity contribution < 1.29 is 14.2 Å². The van der Waals surface area contributed by atoms with Crippen LogP contribution >= 0.6 is 0 Å². The SMILES string of the molecule is COc1ccc(COCCCC2CCCCO2)cc1. The van der Waals surface area contributed by atoms with Gasteiger partial charge in [-0.05, 0) is 49.8 Å². The van der Waals surface area contributed by atoms with Crippen LogP contribution in [0.15, 0.2) is 24.3 Å². The van der Waals surface area contributed by atoms with Gasteiger partial charge in [0.05, 0.1) is 19.8 Å². The number of hydrogen-bond acceptors (Lipinski definition) is 3. The van der Waals surface area contributed by atoms with Crippen LogP contribution < -0.4 is 4.74 Å². The smallest absolute Gasteiger partial charge is 0.118 e. The third kappa shape index (κ3) is 5.21. The number of hydrogen-bond donors (Lipinski definition) is 0. The Bertz CT molecular complexity index is 342. The van der Waals surface area contributed by atoms with Gasteiger partial charge >= 0.3 is 0 Å². The highest BCUT2D eigenvalue weighted by Gasteiger charge is 2.12. The number of methoxy groups -OCH3 is 1. The van der Waals surface area contributed by atoms with Gasteiger partial charge in [-0.1, -0.05) is 12.1 Å². The summed E-state index contributed by atoms with van der Waals surface area (Å²) in [7, 11) is 1.68. The molecule has 0 aromatic heterocycles. The summed E-state index contributed by atoms with van der Waals surface area (Å²) in [5, 5.41) is 0. The Morgan fingerprint density at radius 2 is 2.05 bits per heavy atom. The van der Waals surface area contributed by atoms with Gasteiger partial charge in [0.15, 0.2) is 0 Å². The molecule has 0 amide bonds. The highest BCUT2D eigenvalue weighted by atomic mass is 16.5. The summed E-state index contributed by atoms with van der Waals surface area (Å²) in [6.45, 7) is 2.43. The van der Waals surface area contributed by atoms with E-state index in [1.165, 1.54) is 24.8 Å². The first-order valence-corrected chi connectivity index (χ1v) is 7.21. The topological polar surface area (TPSA) is 27.7 Å². The lowest BCUT2D eigenvalue weighted by atomic mass is 10.1. The monoisotopic (exact) mass is 264 g/mol. The Morgan fingerprint density at radius 3 is 2.74 bits per heavy atom. The standard InChI is InChI=1S/C16H24O3/c1-17-15-9-7-14(8-10-15)13-18-11-4-6-16-5-2-3-12-19-16/h7-10,16H,2-6,11-13H2,1H3. The van der Waals surface area contributed by atoms with Crippen LogP contribution in [-0.2, 0) is 16.1 Å². The lowest BCUT2D eigenvalue weighted by molar-refractivity contribution is 0.00388. The molecular formula is C16H24O3. The Balaban J connectivity index is 1.55. The fourth-order valence-electron chi connectivity index (χ4n) is 2.36. The first-order valence-electron chi connectivity index (χ1n) is 7.21. The minimum Gasteiger partial charge on any atom is -0.497 e. The molecule has 0 N–H and O–H groups in total. The molecule has 1 heterocycles. The van der Waals surface area contributed by atoms with Gasteiger partial charge in [0.2, 0.25) is 0 Å². The number of ether oxygens (including phenoxy) is 3. The molecule has 0 aliphatic carbocycles. The van der Waals surface area contributed by atoms with E-state index in [4.69, 9.17) is 14.2 Å². The van der Waals surface area contributed by atoms with Crippen molar-refractivity contribution in [3.63, 3.8) is 0 Å². The maximum Gasteiger partial charge on any atom is 0.118 e. The van der Waals surface area contributed by atoms with Gasteiger partial charge in [0.25, 0.3) is 0 Å². The molecule has 1 aromatic carbocycles. The summed E-state index contributed by atoms with van der Waals surface area (Å²) in [5.41, 5.74) is 1.19. The quantitative estimate of drug-likeness (QED) is 0.705. The second kappa shape index (κ2) is 8.18. The maximum absolute atomic E-state index is 5.70. The zero-order valence-corrected chi connectivity index (χ0v) is 11.8. The first kappa shape index (κ1) is 14.4. The van der Waals surface area contributed by atoms with Crippen LogP contribution in [0, 0.1) is 0 Å². The number of rotatable bonds is 7. The largest absolute Gasteiger partial charge is 0.497 e. The highest BCUT2D eigenvalue weighted by molar-refractivity contribution is 5.26. The third-order valence-corrected chi connectivity index (χ3v) is 3.52. The van der Waals surface area contributed by atoms with Gasteiger partial charge < -0.3 is 14.2 Å². The molecule has 0 saturated carbocycles. The Labute approximate surface area is 115 Å². The van der Waals surface area contributed by atoms with Gasteiger partial charge in [-0.2, -0.15) is 0 Å². The predicted molar refractivity (Wildman–Crippen MR) is 75.5 cm³/mol. The van der Waals surface area contributed by atoms with Crippen LogP contribution in [0.2, 0.25) is 0 Å². The molecule has 1 aliphatic heterocycles. The third-order valence-electron chi connectivity index (χ3n) is 3.52. The van der Waals surface area contributed by atoms with E-state index in [-0.39, 0.29) is 0 Å². The Morgan fingerprint density at radius 1 is 1.21 bits per heavy atom. The molecule has 1 atom stereocenters. The maximum atomic E-state index is 5.70. The molecule has 3 nitrogen and oxygen atoms in total. The van der Waals surface area contributed by atoms with Crippen molar-refractivity contribution in [3.05, 3.63) is 29.8 Å². The van der Waals surface area contributed by atoms with Crippen molar-refractivity contribution in [2.45, 2.75) is 44.8 Å². The van der Waals surface area contributed by atoms with Crippen molar-refractivity contribution in [3.8, 4) is 5.75 Å². The molecule has 1 unspecified atom stereocenters. The Kier molecular flexibility index (Phi) is 6.18. The molecule has 1 saturated heterocycles. The first-order chi connectivity index (χ1) is 9.38. The summed E-state index contributed by atoms with van der Waals surface area (Å²) < 4.78 is 16.5. The summed E-state index contributed by atoms with van der Waals surface area (Å²) >= 11 is 0. The zero-order chi connectivity index (χ0) is 13.3. The van der Waals surface area contributed by atoms with Crippen LogP contribution in [-0.4, -0.2) is 26.4 Å². The van der Waals surface area contributed by atoms with E-state index >= 15 is 0 Å². The van der Waals surface area contributed by atoms with E-state index in [0.29, 0.717) is 12.7 Å². The average molecular weight is 264 g/mol. The van der Waals surface area contributed by atoms with E-state index in [0.717, 1.165) is 31.8 Å². The fraction of sp³-hybridized carbons (Fsp3) is 0.625. The van der Waals surface area contributed by atoms with Crippen LogP contribution in [0.4, 0.5) is 0 Å². The molecular weight excluding hydrogens is 240 g/mol. The fourth-order valence-corrected chi connectivity index (χ4v) is 2.36. The molecule has 106 valence electrons. The summed E-state index contributed by atoms with van der Waals surface area (Å²) in [4.78, 5) is 0. The van der Waals surface area contributed by atoms with Gasteiger partial charge in [-0.25, -0.2) is 0 Å². The second-order valence-electron chi connectivity index (χ2n) is 5.03. The van der Waals surface area contributed by atoms with Gasteiger partial charge in [-0.15, -0.1) is 0 Å². The minimum absolute atomic E-state index is 0.471. The van der Waals surface area contributed by atoms with Crippen LogP contribution in [0.5, 0.6) is 5.75 Å². The average Bonchev–Trinajstić information content (AvgIpc) is 2.49. The van der Waals surface area contributed by atoms with Crippen molar-refractivity contribution in [1.29, 1.82) is 0 Å². The molecule has 1 fully saturated rings. The molecule has 0 spiro atoms. The van der Waals surface area contributed by atoms with Crippen LogP contribution in [0.25, 0.3) is 0 Å². The zero-order valence-electron chi connectivity index (χ0n) is 11.8. The van der Waals surface area contributed by atoms with E-state index in [1.807, 2.05) is 24.3 Å². The number of benzene rings is 1. The molecule has 2 rings (SSSR count). The second-order valence-corrected chi connectivity index (χ2v) is 5.03. The van der Waals surface area contributed by atoms with E-state index < -0.39 is 0 Å². The van der Waals surface area contributed by atoms with E-state index in [2.05, 4.69) is 0 Å². The minimum atomic E-state index is 0.471. The lowest BCUT2D eigenvalue weighted by Crippen LogP contribution is -2.19.